The van der Waals surface area contributed by atoms with Gasteiger partial charge in [0.1, 0.15) is 11.3 Å². The maximum Gasteiger partial charge on any atom is 0.295 e. The van der Waals surface area contributed by atoms with Crippen LogP contribution in [0, 0.1) is 13.8 Å². The molecule has 3 aromatic carbocycles. The molecule has 0 fully saturated rings. The number of carbonyl (C=O) groups is 1. The molecular formula is C26H21NO4. The van der Waals surface area contributed by atoms with Gasteiger partial charge < -0.3 is 9.15 Å². The predicted molar refractivity (Wildman–Crippen MR) is 120 cm³/mol. The lowest BCUT2D eigenvalue weighted by Gasteiger charge is -2.25. The molecule has 2 heterocycles. The number of anilines is 1. The molecule has 5 rings (SSSR count). The van der Waals surface area contributed by atoms with Crippen LogP contribution in [0.4, 0.5) is 5.69 Å². The lowest BCUT2D eigenvalue weighted by Crippen LogP contribution is -2.29. The summed E-state index contributed by atoms with van der Waals surface area (Å²) in [5.41, 5.74) is 4.13. The zero-order chi connectivity index (χ0) is 21.7. The molecule has 1 atom stereocenters. The normalized spacial score (nSPS) is 15.4. The summed E-state index contributed by atoms with van der Waals surface area (Å²) in [5, 5.41) is 0.483. The minimum atomic E-state index is -0.587. The molecule has 31 heavy (non-hydrogen) atoms. The van der Waals surface area contributed by atoms with Crippen molar-refractivity contribution in [2.24, 2.45) is 0 Å². The molecule has 5 nitrogen and oxygen atoms in total. The molecule has 4 aromatic rings. The van der Waals surface area contributed by atoms with Crippen molar-refractivity contribution in [3.05, 3.63) is 105 Å². The van der Waals surface area contributed by atoms with Crippen molar-refractivity contribution >= 4 is 22.6 Å². The molecule has 0 N–H and O–H groups in total. The maximum atomic E-state index is 13.6. The lowest BCUT2D eigenvalue weighted by atomic mass is 9.97. The molecule has 5 heteroatoms. The fourth-order valence-corrected chi connectivity index (χ4v) is 4.23. The minimum absolute atomic E-state index is 0.101. The van der Waals surface area contributed by atoms with Crippen LogP contribution in [-0.2, 0) is 0 Å². The van der Waals surface area contributed by atoms with Crippen LogP contribution in [0.3, 0.4) is 0 Å². The summed E-state index contributed by atoms with van der Waals surface area (Å²) in [7, 11) is 1.60. The van der Waals surface area contributed by atoms with Crippen molar-refractivity contribution in [1.29, 1.82) is 0 Å². The zero-order valence-corrected chi connectivity index (χ0v) is 17.5. The summed E-state index contributed by atoms with van der Waals surface area (Å²) in [6, 6.07) is 20.0. The van der Waals surface area contributed by atoms with E-state index in [2.05, 4.69) is 0 Å². The molecule has 1 aromatic heterocycles. The number of benzene rings is 3. The lowest BCUT2D eigenvalue weighted by molar-refractivity contribution is 0.0971. The third kappa shape index (κ3) is 3.01. The number of amides is 1. The Labute approximate surface area is 179 Å². The number of fused-ring (bicyclic) bond motifs is 2. The monoisotopic (exact) mass is 411 g/mol. The molecule has 1 aliphatic rings. The van der Waals surface area contributed by atoms with Crippen LogP contribution in [0.2, 0.25) is 0 Å². The highest BCUT2D eigenvalue weighted by Gasteiger charge is 2.43. The second-order valence-electron chi connectivity index (χ2n) is 7.86. The van der Waals surface area contributed by atoms with Crippen molar-refractivity contribution in [3.63, 3.8) is 0 Å². The first-order valence-corrected chi connectivity index (χ1v) is 10.1. The van der Waals surface area contributed by atoms with E-state index in [-0.39, 0.29) is 17.1 Å². The average molecular weight is 411 g/mol. The summed E-state index contributed by atoms with van der Waals surface area (Å²) in [6.07, 6.45) is 0. The van der Waals surface area contributed by atoms with E-state index < -0.39 is 6.04 Å². The summed E-state index contributed by atoms with van der Waals surface area (Å²) < 4.78 is 11.3. The number of aryl methyl sites for hydroxylation is 2. The Morgan fingerprint density at radius 1 is 0.903 bits per heavy atom. The number of rotatable bonds is 3. The van der Waals surface area contributed by atoms with Gasteiger partial charge in [-0.15, -0.1) is 0 Å². The number of methoxy groups -OCH3 is 1. The van der Waals surface area contributed by atoms with Gasteiger partial charge in [-0.3, -0.25) is 14.5 Å². The molecule has 0 aliphatic carbocycles. The first-order chi connectivity index (χ1) is 15.0. The molecule has 1 aliphatic heterocycles. The van der Waals surface area contributed by atoms with Gasteiger partial charge in [-0.2, -0.15) is 0 Å². The Balaban J connectivity index is 1.80. The highest BCUT2D eigenvalue weighted by atomic mass is 16.5. The van der Waals surface area contributed by atoms with Gasteiger partial charge in [-0.25, -0.2) is 0 Å². The van der Waals surface area contributed by atoms with Crippen LogP contribution in [0.15, 0.2) is 75.9 Å². The molecule has 0 spiro atoms. The van der Waals surface area contributed by atoms with Gasteiger partial charge >= 0.3 is 0 Å². The van der Waals surface area contributed by atoms with Crippen molar-refractivity contribution < 1.29 is 13.9 Å². The Bertz CT molecular complexity index is 1390. The smallest absolute Gasteiger partial charge is 0.295 e. The van der Waals surface area contributed by atoms with E-state index >= 15 is 0 Å². The van der Waals surface area contributed by atoms with Gasteiger partial charge in [0.15, 0.2) is 5.43 Å². The molecular weight excluding hydrogens is 390 g/mol. The Morgan fingerprint density at radius 3 is 2.35 bits per heavy atom. The summed E-state index contributed by atoms with van der Waals surface area (Å²) in [5.74, 6) is 0.487. The molecule has 1 unspecified atom stereocenters. The molecule has 0 bridgehead atoms. The van der Waals surface area contributed by atoms with Crippen molar-refractivity contribution in [2.45, 2.75) is 19.9 Å². The Kier molecular flexibility index (Phi) is 4.40. The van der Waals surface area contributed by atoms with E-state index in [0.29, 0.717) is 22.3 Å². The van der Waals surface area contributed by atoms with Gasteiger partial charge in [0.25, 0.3) is 5.91 Å². The van der Waals surface area contributed by atoms with Crippen LogP contribution < -0.4 is 15.1 Å². The third-order valence-electron chi connectivity index (χ3n) is 5.74. The van der Waals surface area contributed by atoms with Crippen molar-refractivity contribution in [2.75, 3.05) is 12.0 Å². The van der Waals surface area contributed by atoms with E-state index in [1.165, 1.54) is 0 Å². The standard InChI is InChI=1S/C26H21NO4/c1-15-5-4-6-18(13-15)27-23(17-8-10-19(30-3)11-9-17)22-24(28)20-14-16(2)7-12-21(20)31-25(22)26(27)29/h4-14,23H,1-3H3. The molecule has 154 valence electrons. The van der Waals surface area contributed by atoms with Crippen molar-refractivity contribution in [3.8, 4) is 5.75 Å². The third-order valence-corrected chi connectivity index (χ3v) is 5.74. The van der Waals surface area contributed by atoms with Crippen LogP contribution in [0.5, 0.6) is 5.75 Å². The highest BCUT2D eigenvalue weighted by Crippen LogP contribution is 2.41. The first kappa shape index (κ1) is 19.1. The molecule has 0 radical (unpaired) electrons. The number of carbonyl (C=O) groups excluding carboxylic acids is 1. The second-order valence-corrected chi connectivity index (χ2v) is 7.86. The second kappa shape index (κ2) is 7.13. The van der Waals surface area contributed by atoms with Crippen LogP contribution in [0.1, 0.15) is 38.9 Å². The number of nitrogens with zero attached hydrogens (tertiary/aromatic N) is 1. The van der Waals surface area contributed by atoms with E-state index in [4.69, 9.17) is 9.15 Å². The van der Waals surface area contributed by atoms with Crippen LogP contribution >= 0.6 is 0 Å². The van der Waals surface area contributed by atoms with Gasteiger partial charge in [0.05, 0.1) is 24.1 Å². The van der Waals surface area contributed by atoms with E-state index in [9.17, 15) is 9.59 Å². The maximum absolute atomic E-state index is 13.6. The number of hydrogen-bond acceptors (Lipinski definition) is 4. The topological polar surface area (TPSA) is 59.8 Å². The Morgan fingerprint density at radius 2 is 1.65 bits per heavy atom. The predicted octanol–water partition coefficient (Wildman–Crippen LogP) is 5.17. The largest absolute Gasteiger partial charge is 0.497 e. The van der Waals surface area contributed by atoms with Crippen LogP contribution in [-0.4, -0.2) is 13.0 Å². The number of hydrogen-bond donors (Lipinski definition) is 0. The summed E-state index contributed by atoms with van der Waals surface area (Å²) in [6.45, 7) is 3.90. The first-order valence-electron chi connectivity index (χ1n) is 10.1. The number of ether oxygens (including phenoxy) is 1. The van der Waals surface area contributed by atoms with Crippen LogP contribution in [0.25, 0.3) is 11.0 Å². The highest BCUT2D eigenvalue weighted by molar-refractivity contribution is 6.10. The fraction of sp³-hybridized carbons (Fsp3) is 0.154. The fourth-order valence-electron chi connectivity index (χ4n) is 4.23. The molecule has 1 amide bonds. The zero-order valence-electron chi connectivity index (χ0n) is 17.5. The summed E-state index contributed by atoms with van der Waals surface area (Å²) >= 11 is 0. The van der Waals surface area contributed by atoms with Gasteiger partial charge in [0, 0.05) is 5.69 Å². The quantitative estimate of drug-likeness (QED) is 0.467. The van der Waals surface area contributed by atoms with Gasteiger partial charge in [-0.1, -0.05) is 35.9 Å². The molecule has 0 saturated heterocycles. The van der Waals surface area contributed by atoms with Gasteiger partial charge in [-0.05, 0) is 61.4 Å². The SMILES string of the molecule is COc1ccc(C2c3c(oc4ccc(C)cc4c3=O)C(=O)N2c2cccc(C)c2)cc1. The van der Waals surface area contributed by atoms with Crippen molar-refractivity contribution in [1.82, 2.24) is 0 Å². The van der Waals surface area contributed by atoms with Gasteiger partial charge in [0.2, 0.25) is 5.76 Å². The van der Waals surface area contributed by atoms with E-state index in [1.807, 2.05) is 74.5 Å². The Hall–Kier alpha value is -3.86. The average Bonchev–Trinajstić information content (AvgIpc) is 3.07. The van der Waals surface area contributed by atoms with E-state index in [1.54, 1.807) is 18.1 Å². The van der Waals surface area contributed by atoms with E-state index in [0.717, 1.165) is 22.4 Å². The molecule has 0 saturated carbocycles. The minimum Gasteiger partial charge on any atom is -0.497 e. The summed E-state index contributed by atoms with van der Waals surface area (Å²) in [4.78, 5) is 28.8.